The zero-order valence-corrected chi connectivity index (χ0v) is 18.5. The molecule has 0 bridgehead atoms. The minimum Gasteiger partial charge on any atom is -0.489 e. The van der Waals surface area contributed by atoms with E-state index in [9.17, 15) is 23.2 Å². The maximum absolute atomic E-state index is 13.7. The molecule has 34 heavy (non-hydrogen) atoms. The van der Waals surface area contributed by atoms with Crippen molar-refractivity contribution >= 4 is 40.6 Å². The Morgan fingerprint density at radius 1 is 1.00 bits per heavy atom. The number of rotatable bonds is 7. The number of nitrogens with zero attached hydrogens (tertiary/aromatic N) is 1. The van der Waals surface area contributed by atoms with E-state index in [-0.39, 0.29) is 23.0 Å². The molecule has 1 aliphatic heterocycles. The van der Waals surface area contributed by atoms with Crippen molar-refractivity contribution in [3.8, 4) is 5.75 Å². The second-order valence-corrected chi connectivity index (χ2v) is 8.28. The summed E-state index contributed by atoms with van der Waals surface area (Å²) in [6, 6.07) is 18.5. The van der Waals surface area contributed by atoms with Crippen molar-refractivity contribution in [2.45, 2.75) is 6.61 Å². The van der Waals surface area contributed by atoms with E-state index in [1.165, 1.54) is 36.4 Å². The van der Waals surface area contributed by atoms with Crippen LogP contribution < -0.4 is 10.1 Å². The van der Waals surface area contributed by atoms with Crippen LogP contribution in [-0.4, -0.2) is 28.5 Å². The van der Waals surface area contributed by atoms with Gasteiger partial charge in [-0.3, -0.25) is 19.3 Å². The van der Waals surface area contributed by atoms with Crippen LogP contribution in [-0.2, 0) is 16.2 Å². The molecule has 1 heterocycles. The molecule has 0 saturated carbocycles. The van der Waals surface area contributed by atoms with Crippen molar-refractivity contribution in [3.05, 3.63) is 100 Å². The number of ether oxygens (including phenoxy) is 1. The van der Waals surface area contributed by atoms with E-state index in [0.717, 1.165) is 16.7 Å². The molecular weight excluding hydrogens is 462 g/mol. The number of benzene rings is 3. The molecule has 3 aromatic carbocycles. The average Bonchev–Trinajstić information content (AvgIpc) is 3.07. The Kier molecular flexibility index (Phi) is 7.03. The summed E-state index contributed by atoms with van der Waals surface area (Å²) >= 11 is 0.719. The molecule has 0 aliphatic carbocycles. The predicted octanol–water partition coefficient (Wildman–Crippen LogP) is 5.22. The van der Waals surface area contributed by atoms with Crippen LogP contribution in [0.3, 0.4) is 0 Å². The summed E-state index contributed by atoms with van der Waals surface area (Å²) in [5.74, 6) is -1.69. The Morgan fingerprint density at radius 3 is 2.50 bits per heavy atom. The molecule has 1 saturated heterocycles. The fourth-order valence-electron chi connectivity index (χ4n) is 3.14. The highest BCUT2D eigenvalue weighted by atomic mass is 32.2. The molecule has 1 N–H and O–H groups in total. The largest absolute Gasteiger partial charge is 0.489 e. The first-order chi connectivity index (χ1) is 16.4. The van der Waals surface area contributed by atoms with Crippen molar-refractivity contribution in [3.63, 3.8) is 0 Å². The molecule has 1 aliphatic rings. The zero-order valence-electron chi connectivity index (χ0n) is 17.7. The van der Waals surface area contributed by atoms with E-state index in [1.54, 1.807) is 42.5 Å². The first kappa shape index (κ1) is 23.2. The Balaban J connectivity index is 1.36. The second kappa shape index (κ2) is 10.3. The quantitative estimate of drug-likeness (QED) is 0.470. The summed E-state index contributed by atoms with van der Waals surface area (Å²) in [5.41, 5.74) is 1.31. The number of nitrogens with one attached hydrogen (secondary N) is 1. The fraction of sp³-hybridized carbons (Fsp3) is 0.0800. The number of halogens is 2. The minimum atomic E-state index is -0.687. The van der Waals surface area contributed by atoms with Gasteiger partial charge in [0.1, 0.15) is 30.5 Å². The number of anilines is 1. The Hall–Kier alpha value is -3.98. The van der Waals surface area contributed by atoms with Gasteiger partial charge >= 0.3 is 0 Å². The Bertz CT molecular complexity index is 1280. The number of carbonyl (C=O) groups is 3. The molecule has 3 amide bonds. The zero-order chi connectivity index (χ0) is 24.1. The standard InChI is InChI=1S/C25H18F2N2O4S/c26-18-5-3-4-17(12-18)15-33-19-10-8-16(9-11-19)13-22-24(31)29(25(32)34-22)14-23(30)28-21-7-2-1-6-20(21)27/h1-13H,14-15H2,(H,28,30)/b22-13-. The van der Waals surface area contributed by atoms with Crippen molar-refractivity contribution in [2.75, 3.05) is 11.9 Å². The molecule has 1 fully saturated rings. The highest BCUT2D eigenvalue weighted by molar-refractivity contribution is 8.18. The third-order valence-electron chi connectivity index (χ3n) is 4.80. The number of imide groups is 1. The third kappa shape index (κ3) is 5.68. The van der Waals surface area contributed by atoms with E-state index in [2.05, 4.69) is 5.32 Å². The van der Waals surface area contributed by atoms with E-state index in [4.69, 9.17) is 4.74 Å². The normalized spacial score (nSPS) is 14.5. The summed E-state index contributed by atoms with van der Waals surface area (Å²) < 4.78 is 32.6. The van der Waals surface area contributed by atoms with Crippen LogP contribution in [0.1, 0.15) is 11.1 Å². The van der Waals surface area contributed by atoms with Gasteiger partial charge in [-0.15, -0.1) is 0 Å². The smallest absolute Gasteiger partial charge is 0.294 e. The maximum atomic E-state index is 13.7. The van der Waals surface area contributed by atoms with Gasteiger partial charge in [-0.05, 0) is 65.4 Å². The number of thioether (sulfide) groups is 1. The van der Waals surface area contributed by atoms with Crippen molar-refractivity contribution in [1.82, 2.24) is 4.90 Å². The lowest BCUT2D eigenvalue weighted by Gasteiger charge is -2.12. The maximum Gasteiger partial charge on any atom is 0.294 e. The molecular formula is C25H18F2N2O4S. The lowest BCUT2D eigenvalue weighted by atomic mass is 10.2. The predicted molar refractivity (Wildman–Crippen MR) is 125 cm³/mol. The number of hydrogen-bond acceptors (Lipinski definition) is 5. The first-order valence-electron chi connectivity index (χ1n) is 10.2. The fourth-order valence-corrected chi connectivity index (χ4v) is 3.98. The number of amides is 3. The molecule has 9 heteroatoms. The first-order valence-corrected chi connectivity index (χ1v) is 11.0. The molecule has 0 atom stereocenters. The number of hydrogen-bond donors (Lipinski definition) is 1. The lowest BCUT2D eigenvalue weighted by molar-refractivity contribution is -0.127. The summed E-state index contributed by atoms with van der Waals surface area (Å²) in [4.78, 5) is 38.1. The van der Waals surface area contributed by atoms with Crippen LogP contribution in [0.25, 0.3) is 6.08 Å². The summed E-state index contributed by atoms with van der Waals surface area (Å²) in [7, 11) is 0. The van der Waals surface area contributed by atoms with Gasteiger partial charge in [0.25, 0.3) is 11.1 Å². The van der Waals surface area contributed by atoms with E-state index in [0.29, 0.717) is 16.9 Å². The summed E-state index contributed by atoms with van der Waals surface area (Å²) in [5, 5.41) is 1.76. The monoisotopic (exact) mass is 480 g/mol. The molecule has 172 valence electrons. The van der Waals surface area contributed by atoms with Gasteiger partial charge in [-0.2, -0.15) is 0 Å². The lowest BCUT2D eigenvalue weighted by Crippen LogP contribution is -2.36. The Morgan fingerprint density at radius 2 is 1.76 bits per heavy atom. The van der Waals surface area contributed by atoms with Gasteiger partial charge in [0.15, 0.2) is 0 Å². The summed E-state index contributed by atoms with van der Waals surface area (Å²) in [6.07, 6.45) is 1.54. The van der Waals surface area contributed by atoms with Gasteiger partial charge in [-0.1, -0.05) is 36.4 Å². The topological polar surface area (TPSA) is 75.7 Å². The summed E-state index contributed by atoms with van der Waals surface area (Å²) in [6.45, 7) is -0.325. The third-order valence-corrected chi connectivity index (χ3v) is 5.70. The highest BCUT2D eigenvalue weighted by Gasteiger charge is 2.36. The van der Waals surface area contributed by atoms with Crippen molar-refractivity contribution in [2.24, 2.45) is 0 Å². The Labute approximate surface area is 198 Å². The van der Waals surface area contributed by atoms with Crippen LogP contribution >= 0.6 is 11.8 Å². The van der Waals surface area contributed by atoms with Gasteiger partial charge in [0.05, 0.1) is 10.6 Å². The van der Waals surface area contributed by atoms with Gasteiger partial charge in [-0.25, -0.2) is 8.78 Å². The molecule has 0 unspecified atom stereocenters. The van der Waals surface area contributed by atoms with Crippen LogP contribution in [0, 0.1) is 11.6 Å². The van der Waals surface area contributed by atoms with Crippen molar-refractivity contribution in [1.29, 1.82) is 0 Å². The van der Waals surface area contributed by atoms with Crippen LogP contribution in [0.4, 0.5) is 19.3 Å². The molecule has 6 nitrogen and oxygen atoms in total. The van der Waals surface area contributed by atoms with Gasteiger partial charge in [0.2, 0.25) is 5.91 Å². The highest BCUT2D eigenvalue weighted by Crippen LogP contribution is 2.32. The van der Waals surface area contributed by atoms with E-state index >= 15 is 0 Å². The average molecular weight is 480 g/mol. The molecule has 0 spiro atoms. The molecule has 0 aromatic heterocycles. The minimum absolute atomic E-state index is 0.0327. The SMILES string of the molecule is O=C(CN1C(=O)S/C(=C\c2ccc(OCc3cccc(F)c3)cc2)C1=O)Nc1ccccc1F. The van der Waals surface area contributed by atoms with Crippen LogP contribution in [0.5, 0.6) is 5.75 Å². The number of carbonyl (C=O) groups excluding carboxylic acids is 3. The van der Waals surface area contributed by atoms with Gasteiger partial charge < -0.3 is 10.1 Å². The second-order valence-electron chi connectivity index (χ2n) is 7.28. The number of para-hydroxylation sites is 1. The van der Waals surface area contributed by atoms with E-state index < -0.39 is 29.4 Å². The van der Waals surface area contributed by atoms with E-state index in [1.807, 2.05) is 0 Å². The molecule has 4 rings (SSSR count). The van der Waals surface area contributed by atoms with Crippen LogP contribution in [0.2, 0.25) is 0 Å². The molecule has 0 radical (unpaired) electrons. The molecule has 3 aromatic rings. The van der Waals surface area contributed by atoms with Gasteiger partial charge in [0, 0.05) is 0 Å². The van der Waals surface area contributed by atoms with Crippen LogP contribution in [0.15, 0.2) is 77.7 Å². The van der Waals surface area contributed by atoms with Crippen molar-refractivity contribution < 1.29 is 27.9 Å².